The van der Waals surface area contributed by atoms with Crippen LogP contribution in [0.25, 0.3) is 0 Å². The minimum absolute atomic E-state index is 0.144. The fourth-order valence-electron chi connectivity index (χ4n) is 2.38. The fraction of sp³-hybridized carbons (Fsp3) is 0.833. The molecule has 0 aliphatic carbocycles. The minimum Gasteiger partial charge on any atom is -0.450 e. The molecule has 0 aromatic rings. The van der Waals surface area contributed by atoms with E-state index in [4.69, 9.17) is 4.74 Å². The molecule has 0 bridgehead atoms. The Labute approximate surface area is 151 Å². The summed E-state index contributed by atoms with van der Waals surface area (Å²) in [7, 11) is 0. The zero-order valence-corrected chi connectivity index (χ0v) is 15.9. The van der Waals surface area contributed by atoms with Gasteiger partial charge >= 0.3 is 6.09 Å². The number of Topliss-reactive ketones (excluding diaryl/α,β-unsaturated/α-hetero) is 1. The van der Waals surface area contributed by atoms with Gasteiger partial charge in [0.1, 0.15) is 12.1 Å². The van der Waals surface area contributed by atoms with Gasteiger partial charge in [0.05, 0.1) is 19.2 Å². The Morgan fingerprint density at radius 1 is 1.08 bits per heavy atom. The third kappa shape index (κ3) is 15.8. The maximum absolute atomic E-state index is 11.8. The number of carbonyl (C=O) groups is 3. The van der Waals surface area contributed by atoms with E-state index in [1.807, 2.05) is 0 Å². The summed E-state index contributed by atoms with van der Waals surface area (Å²) >= 11 is 0. The van der Waals surface area contributed by atoms with E-state index in [1.54, 1.807) is 6.92 Å². The van der Waals surface area contributed by atoms with Crippen molar-refractivity contribution < 1.29 is 19.1 Å². The van der Waals surface area contributed by atoms with Gasteiger partial charge in [0.25, 0.3) is 0 Å². The molecular weight excluding hydrogens is 322 g/mol. The maximum Gasteiger partial charge on any atom is 0.407 e. The second kappa shape index (κ2) is 16.0. The van der Waals surface area contributed by atoms with Gasteiger partial charge in [-0.15, -0.1) is 0 Å². The van der Waals surface area contributed by atoms with Gasteiger partial charge in [-0.1, -0.05) is 33.1 Å². The normalized spacial score (nSPS) is 12.0. The van der Waals surface area contributed by atoms with Crippen LogP contribution in [0.1, 0.15) is 65.7 Å². The van der Waals surface area contributed by atoms with Gasteiger partial charge in [0, 0.05) is 13.0 Å². The lowest BCUT2D eigenvalue weighted by Crippen LogP contribution is -2.44. The van der Waals surface area contributed by atoms with Crippen molar-refractivity contribution in [3.8, 4) is 0 Å². The topological polar surface area (TPSA) is 96.5 Å². The smallest absolute Gasteiger partial charge is 0.407 e. The van der Waals surface area contributed by atoms with Gasteiger partial charge in [-0.25, -0.2) is 15.6 Å². The summed E-state index contributed by atoms with van der Waals surface area (Å²) in [5.74, 6) is 0.568. The fourth-order valence-corrected chi connectivity index (χ4v) is 2.38. The molecule has 0 fully saturated rings. The van der Waals surface area contributed by atoms with Gasteiger partial charge in [-0.3, -0.25) is 4.79 Å². The van der Waals surface area contributed by atoms with Crippen LogP contribution in [0.5, 0.6) is 0 Å². The predicted octanol–water partition coefficient (Wildman–Crippen LogP) is 2.35. The highest BCUT2D eigenvalue weighted by Gasteiger charge is 2.09. The molecule has 25 heavy (non-hydrogen) atoms. The highest BCUT2D eigenvalue weighted by molar-refractivity contribution is 5.80. The average molecular weight is 357 g/mol. The van der Waals surface area contributed by atoms with Gasteiger partial charge in [0.15, 0.2) is 0 Å². The molecule has 146 valence electrons. The molecular formula is C18H35N3O4. The molecule has 0 spiro atoms. The second-order valence-corrected chi connectivity index (χ2v) is 6.57. The molecule has 0 aromatic carbocycles. The second-order valence-electron chi connectivity index (χ2n) is 6.57. The molecule has 0 aliphatic rings. The summed E-state index contributed by atoms with van der Waals surface area (Å²) in [6, 6.07) is -0.254. The number of hydrazine groups is 1. The van der Waals surface area contributed by atoms with E-state index >= 15 is 0 Å². The average Bonchev–Trinajstić information content (AvgIpc) is 2.56. The van der Waals surface area contributed by atoms with E-state index in [0.29, 0.717) is 25.5 Å². The first-order valence-electron chi connectivity index (χ1n) is 9.35. The highest BCUT2D eigenvalue weighted by Crippen LogP contribution is 2.05. The van der Waals surface area contributed by atoms with E-state index < -0.39 is 0 Å². The van der Waals surface area contributed by atoms with E-state index in [1.165, 1.54) is 0 Å². The number of ketones is 1. The molecule has 0 saturated heterocycles. The Morgan fingerprint density at radius 3 is 2.40 bits per heavy atom. The molecule has 0 unspecified atom stereocenters. The van der Waals surface area contributed by atoms with Crippen molar-refractivity contribution >= 4 is 18.2 Å². The van der Waals surface area contributed by atoms with Crippen LogP contribution in [-0.4, -0.2) is 43.9 Å². The third-order valence-corrected chi connectivity index (χ3v) is 3.64. The van der Waals surface area contributed by atoms with E-state index in [2.05, 4.69) is 30.0 Å². The SMILES string of the molecule is CCOC(=O)NCCCCCCCC(=O)CNN[C@H](C=O)CC(C)C. The summed E-state index contributed by atoms with van der Waals surface area (Å²) in [6.07, 6.45) is 6.66. The van der Waals surface area contributed by atoms with Crippen molar-refractivity contribution in [2.75, 3.05) is 19.7 Å². The summed E-state index contributed by atoms with van der Waals surface area (Å²) in [5, 5.41) is 2.69. The molecule has 7 nitrogen and oxygen atoms in total. The maximum atomic E-state index is 11.8. The molecule has 0 radical (unpaired) electrons. The van der Waals surface area contributed by atoms with Crippen molar-refractivity contribution in [3.63, 3.8) is 0 Å². The molecule has 0 aliphatic heterocycles. The lowest BCUT2D eigenvalue weighted by atomic mass is 10.1. The van der Waals surface area contributed by atoms with Crippen LogP contribution in [0.3, 0.4) is 0 Å². The lowest BCUT2D eigenvalue weighted by Gasteiger charge is -2.15. The lowest BCUT2D eigenvalue weighted by molar-refractivity contribution is -0.119. The van der Waals surface area contributed by atoms with E-state index in [-0.39, 0.29) is 24.5 Å². The summed E-state index contributed by atoms with van der Waals surface area (Å²) in [6.45, 7) is 7.14. The molecule has 0 heterocycles. The summed E-state index contributed by atoms with van der Waals surface area (Å²) < 4.78 is 4.77. The summed E-state index contributed by atoms with van der Waals surface area (Å²) in [4.78, 5) is 33.7. The molecule has 1 amide bonds. The zero-order valence-electron chi connectivity index (χ0n) is 15.9. The van der Waals surface area contributed by atoms with Crippen LogP contribution >= 0.6 is 0 Å². The number of hydrogen-bond donors (Lipinski definition) is 3. The first-order valence-corrected chi connectivity index (χ1v) is 9.35. The number of alkyl carbamates (subject to hydrolysis) is 1. The van der Waals surface area contributed by atoms with Crippen LogP contribution < -0.4 is 16.2 Å². The van der Waals surface area contributed by atoms with Crippen molar-refractivity contribution in [1.82, 2.24) is 16.2 Å². The number of hydrogen-bond acceptors (Lipinski definition) is 6. The Bertz CT molecular complexity index is 375. The third-order valence-electron chi connectivity index (χ3n) is 3.64. The van der Waals surface area contributed by atoms with Crippen LogP contribution in [0.4, 0.5) is 4.79 Å². The first-order chi connectivity index (χ1) is 12.0. The van der Waals surface area contributed by atoms with Crippen LogP contribution in [0.2, 0.25) is 0 Å². The Hall–Kier alpha value is -1.47. The van der Waals surface area contributed by atoms with Gasteiger partial charge in [-0.2, -0.15) is 0 Å². The zero-order chi connectivity index (χ0) is 18.9. The molecule has 0 rings (SSSR count). The molecule has 0 saturated carbocycles. The highest BCUT2D eigenvalue weighted by atomic mass is 16.5. The number of ether oxygens (including phenoxy) is 1. The Balaban J connectivity index is 3.46. The summed E-state index contributed by atoms with van der Waals surface area (Å²) in [5.41, 5.74) is 5.74. The van der Waals surface area contributed by atoms with Crippen molar-refractivity contribution in [2.24, 2.45) is 5.92 Å². The Kier molecular flexibility index (Phi) is 15.1. The number of nitrogens with one attached hydrogen (secondary N) is 3. The van der Waals surface area contributed by atoms with Gasteiger partial charge in [0.2, 0.25) is 0 Å². The molecule has 7 heteroatoms. The largest absolute Gasteiger partial charge is 0.450 e. The van der Waals surface area contributed by atoms with Gasteiger partial charge in [-0.05, 0) is 32.1 Å². The standard InChI is InChI=1S/C18H35N3O4/c1-4-25-18(24)19-11-9-7-5-6-8-10-17(23)13-20-21-16(14-22)12-15(2)3/h14-16,20-21H,4-13H2,1-3H3,(H,19,24)/t16-/m0/s1. The van der Waals surface area contributed by atoms with Crippen LogP contribution in [-0.2, 0) is 14.3 Å². The van der Waals surface area contributed by atoms with E-state index in [9.17, 15) is 14.4 Å². The number of unbranched alkanes of at least 4 members (excludes halogenated alkanes) is 4. The van der Waals surface area contributed by atoms with Crippen molar-refractivity contribution in [3.05, 3.63) is 0 Å². The molecule has 3 N–H and O–H groups in total. The predicted molar refractivity (Wildman–Crippen MR) is 98.2 cm³/mol. The van der Waals surface area contributed by atoms with Crippen LogP contribution in [0.15, 0.2) is 0 Å². The minimum atomic E-state index is -0.362. The molecule has 0 aromatic heterocycles. The molecule has 1 atom stereocenters. The van der Waals surface area contributed by atoms with Crippen molar-refractivity contribution in [1.29, 1.82) is 0 Å². The van der Waals surface area contributed by atoms with Gasteiger partial charge < -0.3 is 14.8 Å². The number of aldehydes is 1. The van der Waals surface area contributed by atoms with Crippen LogP contribution in [0, 0.1) is 5.92 Å². The number of carbonyl (C=O) groups excluding carboxylic acids is 3. The number of amides is 1. The monoisotopic (exact) mass is 357 g/mol. The number of rotatable bonds is 16. The van der Waals surface area contributed by atoms with Crippen molar-refractivity contribution in [2.45, 2.75) is 71.8 Å². The Morgan fingerprint density at radius 2 is 1.76 bits per heavy atom. The van der Waals surface area contributed by atoms with E-state index in [0.717, 1.165) is 44.8 Å². The first kappa shape index (κ1) is 23.5. The quantitative estimate of drug-likeness (QED) is 0.223.